The van der Waals surface area contributed by atoms with Gasteiger partial charge in [0.05, 0.1) is 6.54 Å². The molecule has 2 heterocycles. The standard InChI is InChI=1S/C16H18F2N4O/c1-10(23)22-7-6-14-13(9-22)16(20-19-14)21(2)12-5-3-4-11(8-12)15(17)18/h3-5,8,15H,6-7,9H2,1-2H3,(H,19,20). The number of halogens is 2. The smallest absolute Gasteiger partial charge is 0.263 e. The summed E-state index contributed by atoms with van der Waals surface area (Å²) in [5.74, 6) is 0.683. The molecule has 3 rings (SSSR count). The van der Waals surface area contributed by atoms with Gasteiger partial charge in [-0.25, -0.2) is 8.78 Å². The number of nitrogens with one attached hydrogen (secondary N) is 1. The molecule has 0 radical (unpaired) electrons. The fourth-order valence-electron chi connectivity index (χ4n) is 2.82. The number of aromatic amines is 1. The molecule has 0 spiro atoms. The molecule has 0 fully saturated rings. The Balaban J connectivity index is 1.92. The van der Waals surface area contributed by atoms with E-state index in [4.69, 9.17) is 0 Å². The van der Waals surface area contributed by atoms with Crippen LogP contribution in [-0.2, 0) is 17.8 Å². The van der Waals surface area contributed by atoms with Crippen molar-refractivity contribution in [1.29, 1.82) is 0 Å². The first-order valence-electron chi connectivity index (χ1n) is 7.41. The highest BCUT2D eigenvalue weighted by molar-refractivity contribution is 5.74. The number of hydrogen-bond acceptors (Lipinski definition) is 3. The molecule has 1 amide bonds. The third kappa shape index (κ3) is 2.91. The highest BCUT2D eigenvalue weighted by Crippen LogP contribution is 2.32. The number of anilines is 2. The zero-order chi connectivity index (χ0) is 16.6. The van der Waals surface area contributed by atoms with Gasteiger partial charge in [0.15, 0.2) is 5.82 Å². The van der Waals surface area contributed by atoms with Crippen molar-refractivity contribution < 1.29 is 13.6 Å². The normalized spacial score (nSPS) is 14.0. The maximum Gasteiger partial charge on any atom is 0.263 e. The van der Waals surface area contributed by atoms with Gasteiger partial charge in [0.1, 0.15) is 0 Å². The number of carbonyl (C=O) groups is 1. The number of H-pyrrole nitrogens is 1. The van der Waals surface area contributed by atoms with Crippen LogP contribution in [0.4, 0.5) is 20.3 Å². The van der Waals surface area contributed by atoms with E-state index in [-0.39, 0.29) is 11.5 Å². The lowest BCUT2D eigenvalue weighted by atomic mass is 10.1. The molecule has 2 aromatic rings. The van der Waals surface area contributed by atoms with Crippen LogP contribution in [0.15, 0.2) is 24.3 Å². The number of rotatable bonds is 3. The maximum absolute atomic E-state index is 12.9. The number of carbonyl (C=O) groups excluding carboxylic acids is 1. The molecular weight excluding hydrogens is 302 g/mol. The van der Waals surface area contributed by atoms with E-state index in [1.54, 1.807) is 35.9 Å². The lowest BCUT2D eigenvalue weighted by molar-refractivity contribution is -0.129. The molecule has 0 saturated heterocycles. The van der Waals surface area contributed by atoms with Gasteiger partial charge < -0.3 is 9.80 Å². The summed E-state index contributed by atoms with van der Waals surface area (Å²) in [7, 11) is 1.79. The highest BCUT2D eigenvalue weighted by Gasteiger charge is 2.25. The van der Waals surface area contributed by atoms with Crippen molar-refractivity contribution >= 4 is 17.4 Å². The fourth-order valence-corrected chi connectivity index (χ4v) is 2.82. The molecule has 1 aromatic carbocycles. The average molecular weight is 320 g/mol. The van der Waals surface area contributed by atoms with Crippen LogP contribution in [0.3, 0.4) is 0 Å². The van der Waals surface area contributed by atoms with E-state index >= 15 is 0 Å². The van der Waals surface area contributed by atoms with E-state index in [0.29, 0.717) is 31.0 Å². The topological polar surface area (TPSA) is 52.2 Å². The molecule has 0 saturated carbocycles. The molecule has 122 valence electrons. The minimum Gasteiger partial charge on any atom is -0.338 e. The number of benzene rings is 1. The third-order valence-corrected chi connectivity index (χ3v) is 4.18. The zero-order valence-corrected chi connectivity index (χ0v) is 13.0. The van der Waals surface area contributed by atoms with Crippen molar-refractivity contribution in [2.45, 2.75) is 26.3 Å². The van der Waals surface area contributed by atoms with Gasteiger partial charge in [-0.05, 0) is 12.1 Å². The van der Waals surface area contributed by atoms with Crippen LogP contribution >= 0.6 is 0 Å². The number of nitrogens with zero attached hydrogens (tertiary/aromatic N) is 3. The summed E-state index contributed by atoms with van der Waals surface area (Å²) in [5.41, 5.74) is 2.55. The van der Waals surface area contributed by atoms with Crippen molar-refractivity contribution in [3.05, 3.63) is 41.1 Å². The molecule has 7 heteroatoms. The summed E-state index contributed by atoms with van der Waals surface area (Å²) in [6.07, 6.45) is -1.79. The van der Waals surface area contributed by atoms with Crippen molar-refractivity contribution in [1.82, 2.24) is 15.1 Å². The molecule has 0 aliphatic carbocycles. The summed E-state index contributed by atoms with van der Waals surface area (Å²) < 4.78 is 25.8. The summed E-state index contributed by atoms with van der Waals surface area (Å²) in [5, 5.41) is 7.31. The third-order valence-electron chi connectivity index (χ3n) is 4.18. The van der Waals surface area contributed by atoms with Gasteiger partial charge in [0, 0.05) is 49.4 Å². The van der Waals surface area contributed by atoms with Crippen LogP contribution in [0.1, 0.15) is 30.2 Å². The predicted molar refractivity (Wildman–Crippen MR) is 82.8 cm³/mol. The van der Waals surface area contributed by atoms with E-state index in [0.717, 1.165) is 11.3 Å². The first-order valence-corrected chi connectivity index (χ1v) is 7.41. The van der Waals surface area contributed by atoms with Gasteiger partial charge in [-0.1, -0.05) is 12.1 Å². The number of hydrogen-bond donors (Lipinski definition) is 1. The van der Waals surface area contributed by atoms with Crippen LogP contribution in [0.25, 0.3) is 0 Å². The first-order chi connectivity index (χ1) is 11.0. The summed E-state index contributed by atoms with van der Waals surface area (Å²) >= 11 is 0. The van der Waals surface area contributed by atoms with Crippen LogP contribution in [0, 0.1) is 0 Å². The zero-order valence-electron chi connectivity index (χ0n) is 13.0. The fraction of sp³-hybridized carbons (Fsp3) is 0.375. The van der Waals surface area contributed by atoms with E-state index < -0.39 is 6.43 Å². The van der Waals surface area contributed by atoms with Crippen molar-refractivity contribution in [2.75, 3.05) is 18.5 Å². The van der Waals surface area contributed by atoms with Gasteiger partial charge >= 0.3 is 0 Å². The lowest BCUT2D eigenvalue weighted by Crippen LogP contribution is -2.34. The Kier molecular flexibility index (Phi) is 4.02. The number of alkyl halides is 2. The van der Waals surface area contributed by atoms with Gasteiger partial charge in [-0.15, -0.1) is 0 Å². The largest absolute Gasteiger partial charge is 0.338 e. The summed E-state index contributed by atoms with van der Waals surface area (Å²) in [4.78, 5) is 15.1. The summed E-state index contributed by atoms with van der Waals surface area (Å²) in [6.45, 7) is 2.69. The molecule has 1 aromatic heterocycles. The average Bonchev–Trinajstić information content (AvgIpc) is 2.97. The predicted octanol–water partition coefficient (Wildman–Crippen LogP) is 3.02. The molecule has 0 bridgehead atoms. The minimum atomic E-state index is -2.51. The van der Waals surface area contributed by atoms with Gasteiger partial charge in [0.2, 0.25) is 5.91 Å². The summed E-state index contributed by atoms with van der Waals surface area (Å²) in [6, 6.07) is 6.23. The second-order valence-corrected chi connectivity index (χ2v) is 5.65. The second kappa shape index (κ2) is 5.98. The van der Waals surface area contributed by atoms with Crippen LogP contribution in [0.5, 0.6) is 0 Å². The Morgan fingerprint density at radius 3 is 2.91 bits per heavy atom. The Hall–Kier alpha value is -2.44. The van der Waals surface area contributed by atoms with Crippen LogP contribution in [0.2, 0.25) is 0 Å². The molecule has 23 heavy (non-hydrogen) atoms. The molecular formula is C16H18F2N4O. The van der Waals surface area contributed by atoms with Crippen molar-refractivity contribution in [3.8, 4) is 0 Å². The van der Waals surface area contributed by atoms with E-state index in [9.17, 15) is 13.6 Å². The van der Waals surface area contributed by atoms with Crippen LogP contribution < -0.4 is 4.90 Å². The maximum atomic E-state index is 12.9. The monoisotopic (exact) mass is 320 g/mol. The number of amides is 1. The Morgan fingerprint density at radius 1 is 1.43 bits per heavy atom. The Morgan fingerprint density at radius 2 is 2.22 bits per heavy atom. The van der Waals surface area contributed by atoms with Crippen LogP contribution in [-0.4, -0.2) is 34.6 Å². The van der Waals surface area contributed by atoms with E-state index in [1.165, 1.54) is 12.1 Å². The number of aromatic nitrogens is 2. The molecule has 0 unspecified atom stereocenters. The van der Waals surface area contributed by atoms with Gasteiger partial charge in [-0.3, -0.25) is 9.89 Å². The first kappa shape index (κ1) is 15.5. The molecule has 0 atom stereocenters. The van der Waals surface area contributed by atoms with E-state index in [2.05, 4.69) is 10.2 Å². The van der Waals surface area contributed by atoms with Crippen molar-refractivity contribution in [2.24, 2.45) is 0 Å². The minimum absolute atomic E-state index is 0.0187. The van der Waals surface area contributed by atoms with E-state index in [1.807, 2.05) is 0 Å². The Labute approximate surface area is 132 Å². The number of fused-ring (bicyclic) bond motifs is 1. The second-order valence-electron chi connectivity index (χ2n) is 5.65. The quantitative estimate of drug-likeness (QED) is 0.946. The van der Waals surface area contributed by atoms with Crippen molar-refractivity contribution in [3.63, 3.8) is 0 Å². The molecule has 1 aliphatic heterocycles. The highest BCUT2D eigenvalue weighted by atomic mass is 19.3. The molecule has 1 N–H and O–H groups in total. The lowest BCUT2D eigenvalue weighted by Gasteiger charge is -2.27. The molecule has 5 nitrogen and oxygen atoms in total. The van der Waals surface area contributed by atoms with Gasteiger partial charge in [0.25, 0.3) is 6.43 Å². The Bertz CT molecular complexity index is 729. The SMILES string of the molecule is CC(=O)N1CCc2[nH]nc(N(C)c3cccc(C(F)F)c3)c2C1. The van der Waals surface area contributed by atoms with Gasteiger partial charge in [-0.2, -0.15) is 5.10 Å². The molecule has 1 aliphatic rings.